The van der Waals surface area contributed by atoms with Crippen molar-refractivity contribution in [1.29, 1.82) is 0 Å². The minimum atomic E-state index is -0.0904. The van der Waals surface area contributed by atoms with Gasteiger partial charge in [-0.05, 0) is 25.5 Å². The summed E-state index contributed by atoms with van der Waals surface area (Å²) >= 11 is 0. The summed E-state index contributed by atoms with van der Waals surface area (Å²) in [6.07, 6.45) is 8.96. The average molecular weight is 422 g/mol. The van der Waals surface area contributed by atoms with E-state index in [-0.39, 0.29) is 18.4 Å². The van der Waals surface area contributed by atoms with Crippen molar-refractivity contribution >= 4 is 39.6 Å². The third kappa shape index (κ3) is 12.3. The Morgan fingerprint density at radius 2 is 1.75 bits per heavy atom. The second kappa shape index (κ2) is 14.9. The molecule has 1 heterocycles. The maximum atomic E-state index is 11.9. The van der Waals surface area contributed by atoms with Gasteiger partial charge < -0.3 is 10.6 Å². The maximum Gasteiger partial charge on any atom is 0.286 e. The molecule has 1 aromatic heterocycles. The van der Waals surface area contributed by atoms with Crippen LogP contribution in [0.15, 0.2) is 53.8 Å². The molecule has 1 rings (SSSR count). The summed E-state index contributed by atoms with van der Waals surface area (Å²) in [7, 11) is 3.35. The molecule has 0 aliphatic carbocycles. The number of allylic oxidation sites excluding steroid dienone is 3. The molecule has 0 atom stereocenters. The molecule has 0 radical (unpaired) electrons. The Morgan fingerprint density at radius 1 is 1.14 bits per heavy atom. The lowest BCUT2D eigenvalue weighted by Crippen LogP contribution is -2.42. The molecule has 8 heteroatoms. The predicted molar refractivity (Wildman–Crippen MR) is 120 cm³/mol. The van der Waals surface area contributed by atoms with Crippen molar-refractivity contribution in [1.82, 2.24) is 10.6 Å². The quantitative estimate of drug-likeness (QED) is 0.168. The molecule has 0 saturated heterocycles. The van der Waals surface area contributed by atoms with E-state index in [1.54, 1.807) is 33.9 Å². The molecule has 0 unspecified atom stereocenters. The second-order valence-electron chi connectivity index (χ2n) is 6.00. The Balaban J connectivity index is 1.98. The number of aromatic nitrogens is 1. The monoisotopic (exact) mass is 421 g/mol. The van der Waals surface area contributed by atoms with Gasteiger partial charge in [-0.15, -0.1) is 0 Å². The first-order chi connectivity index (χ1) is 13.5. The van der Waals surface area contributed by atoms with Crippen molar-refractivity contribution in [2.24, 2.45) is 4.99 Å². The van der Waals surface area contributed by atoms with Gasteiger partial charge in [0.2, 0.25) is 12.5 Å². The molecule has 0 spiro atoms. The topological polar surface area (TPSA) is 74.4 Å². The highest BCUT2D eigenvalue weighted by Gasteiger charge is 2.07. The van der Waals surface area contributed by atoms with Gasteiger partial charge in [0.25, 0.3) is 5.91 Å². The minimum Gasteiger partial charge on any atom is -0.354 e. The third-order valence-corrected chi connectivity index (χ3v) is 5.89. The van der Waals surface area contributed by atoms with E-state index in [1.807, 2.05) is 49.0 Å². The molecule has 0 aliphatic heterocycles. The standard InChI is InChI=1S/C20H28N4O2S2/c1-4-17(2)5-8-21-15-19(25)22-9-13-27-28-14-10-23-20(26)16-24-11-6-18(3)7-12-24/h4-8,11-12H,1,9-10,13-16H2,2-3H3,(H-,22,23,25,26)/p+1/b17-5-,21-8?. The largest absolute Gasteiger partial charge is 0.354 e. The summed E-state index contributed by atoms with van der Waals surface area (Å²) in [4.78, 5) is 27.5. The number of pyridine rings is 1. The van der Waals surface area contributed by atoms with Crippen LogP contribution < -0.4 is 15.2 Å². The van der Waals surface area contributed by atoms with Gasteiger partial charge in [0.05, 0.1) is 0 Å². The number of amides is 2. The maximum absolute atomic E-state index is 11.9. The van der Waals surface area contributed by atoms with Gasteiger partial charge in [0.1, 0.15) is 6.54 Å². The van der Waals surface area contributed by atoms with Crippen LogP contribution in [-0.2, 0) is 16.1 Å². The van der Waals surface area contributed by atoms with Crippen LogP contribution in [0.2, 0.25) is 0 Å². The molecule has 28 heavy (non-hydrogen) atoms. The lowest BCUT2D eigenvalue weighted by molar-refractivity contribution is -0.684. The van der Waals surface area contributed by atoms with Gasteiger partial charge in [-0.3, -0.25) is 14.6 Å². The van der Waals surface area contributed by atoms with Crippen LogP contribution in [0.25, 0.3) is 0 Å². The van der Waals surface area contributed by atoms with E-state index in [1.165, 1.54) is 5.56 Å². The Bertz CT molecular complexity index is 688. The normalized spacial score (nSPS) is 11.4. The van der Waals surface area contributed by atoms with Crippen LogP contribution in [-0.4, -0.2) is 49.2 Å². The Hall–Kier alpha value is -2.06. The minimum absolute atomic E-state index is 0.00500. The van der Waals surface area contributed by atoms with Crippen LogP contribution >= 0.6 is 21.6 Å². The zero-order chi connectivity index (χ0) is 20.6. The van der Waals surface area contributed by atoms with E-state index < -0.39 is 0 Å². The fourth-order valence-corrected chi connectivity index (χ4v) is 3.68. The third-order valence-electron chi connectivity index (χ3n) is 3.48. The van der Waals surface area contributed by atoms with Crippen LogP contribution in [0.4, 0.5) is 0 Å². The van der Waals surface area contributed by atoms with Crippen LogP contribution in [0.1, 0.15) is 12.5 Å². The molecular formula is C20H29N4O2S2+. The van der Waals surface area contributed by atoms with Crippen molar-refractivity contribution in [3.8, 4) is 0 Å². The molecule has 6 nitrogen and oxygen atoms in total. The number of carbonyl (C=O) groups excluding carboxylic acids is 2. The fourth-order valence-electron chi connectivity index (χ4n) is 1.87. The summed E-state index contributed by atoms with van der Waals surface area (Å²) in [6, 6.07) is 3.96. The Morgan fingerprint density at radius 3 is 2.36 bits per heavy atom. The lowest BCUT2D eigenvalue weighted by Gasteiger charge is -2.04. The summed E-state index contributed by atoms with van der Waals surface area (Å²) in [5.74, 6) is 1.54. The van der Waals surface area contributed by atoms with Gasteiger partial charge >= 0.3 is 0 Å². The number of aliphatic imine (C=N–C) groups is 1. The van der Waals surface area contributed by atoms with Crippen molar-refractivity contribution in [3.63, 3.8) is 0 Å². The SMILES string of the molecule is C=C/C(C)=C\C=NCC(=O)NCCSSCCNC(=O)C[n+]1ccc(C)cc1. The first-order valence-corrected chi connectivity index (χ1v) is 11.5. The number of carbonyl (C=O) groups is 2. The van der Waals surface area contributed by atoms with Crippen molar-refractivity contribution in [3.05, 3.63) is 54.4 Å². The van der Waals surface area contributed by atoms with Crippen molar-refractivity contribution in [2.45, 2.75) is 20.4 Å². The van der Waals surface area contributed by atoms with Gasteiger partial charge in [0, 0.05) is 42.9 Å². The summed E-state index contributed by atoms with van der Waals surface area (Å²) in [5.41, 5.74) is 2.17. The Labute approximate surface area is 175 Å². The Kier molecular flexibility index (Phi) is 12.8. The van der Waals surface area contributed by atoms with Crippen LogP contribution in [0.5, 0.6) is 0 Å². The molecule has 152 valence electrons. The second-order valence-corrected chi connectivity index (χ2v) is 8.70. The van der Waals surface area contributed by atoms with Crippen LogP contribution in [0.3, 0.4) is 0 Å². The molecule has 2 N–H and O–H groups in total. The molecule has 0 aromatic carbocycles. The summed E-state index contributed by atoms with van der Waals surface area (Å²) < 4.78 is 1.86. The predicted octanol–water partition coefficient (Wildman–Crippen LogP) is 2.10. The zero-order valence-electron chi connectivity index (χ0n) is 16.5. The summed E-state index contributed by atoms with van der Waals surface area (Å²) in [6.45, 7) is 9.27. The van der Waals surface area contributed by atoms with E-state index >= 15 is 0 Å². The molecule has 0 aliphatic rings. The average Bonchev–Trinajstić information content (AvgIpc) is 2.68. The van der Waals surface area contributed by atoms with E-state index in [0.29, 0.717) is 19.6 Å². The molecule has 0 bridgehead atoms. The summed E-state index contributed by atoms with van der Waals surface area (Å²) in [5, 5.41) is 5.73. The zero-order valence-corrected chi connectivity index (χ0v) is 18.2. The van der Waals surface area contributed by atoms with E-state index in [0.717, 1.165) is 17.1 Å². The number of hydrogen-bond acceptors (Lipinski definition) is 5. The fraction of sp³-hybridized carbons (Fsp3) is 0.400. The molecule has 0 saturated carbocycles. The van der Waals surface area contributed by atoms with E-state index in [9.17, 15) is 9.59 Å². The van der Waals surface area contributed by atoms with E-state index in [4.69, 9.17) is 0 Å². The highest BCUT2D eigenvalue weighted by atomic mass is 33.1. The number of nitrogens with zero attached hydrogens (tertiary/aromatic N) is 2. The molecule has 1 aromatic rings. The smallest absolute Gasteiger partial charge is 0.286 e. The highest BCUT2D eigenvalue weighted by molar-refractivity contribution is 8.76. The molecule has 0 fully saturated rings. The molecule has 2 amide bonds. The lowest BCUT2D eigenvalue weighted by atomic mass is 10.3. The number of nitrogens with one attached hydrogen (secondary N) is 2. The van der Waals surface area contributed by atoms with Crippen molar-refractivity contribution in [2.75, 3.05) is 31.1 Å². The van der Waals surface area contributed by atoms with Gasteiger partial charge in [-0.25, -0.2) is 0 Å². The van der Waals surface area contributed by atoms with Crippen LogP contribution in [0, 0.1) is 6.92 Å². The van der Waals surface area contributed by atoms with Gasteiger partial charge in [-0.2, -0.15) is 4.57 Å². The first-order valence-electron chi connectivity index (χ1n) is 9.04. The van der Waals surface area contributed by atoms with Gasteiger partial charge in [-0.1, -0.05) is 39.8 Å². The van der Waals surface area contributed by atoms with Gasteiger partial charge in [0.15, 0.2) is 12.4 Å². The number of rotatable bonds is 13. The molecular weight excluding hydrogens is 392 g/mol. The number of hydrogen-bond donors (Lipinski definition) is 2. The number of aryl methyl sites for hydroxylation is 1. The van der Waals surface area contributed by atoms with E-state index in [2.05, 4.69) is 22.2 Å². The van der Waals surface area contributed by atoms with Crippen molar-refractivity contribution < 1.29 is 14.2 Å². The highest BCUT2D eigenvalue weighted by Crippen LogP contribution is 2.19. The first kappa shape index (κ1) is 24.0.